The Kier molecular flexibility index (Phi) is 8.59. The molecule has 1 aliphatic carbocycles. The third-order valence-corrected chi connectivity index (χ3v) is 3.58. The molecule has 0 saturated carbocycles. The lowest BCUT2D eigenvalue weighted by molar-refractivity contribution is -0.178. The molecule has 0 spiro atoms. The maximum absolute atomic E-state index is 4.99. The summed E-state index contributed by atoms with van der Waals surface area (Å²) in [6.45, 7) is 4.06. The van der Waals surface area contributed by atoms with Gasteiger partial charge in [-0.1, -0.05) is 42.5 Å². The third-order valence-electron chi connectivity index (χ3n) is 2.75. The van der Waals surface area contributed by atoms with Crippen molar-refractivity contribution >= 4 is 12.0 Å². The maximum Gasteiger partial charge on any atom is 0.168 e. The summed E-state index contributed by atoms with van der Waals surface area (Å²) in [5.41, 5.74) is 2.34. The topological polar surface area (TPSA) is 27.7 Å². The molecule has 0 aliphatic heterocycles. The van der Waals surface area contributed by atoms with Crippen LogP contribution >= 0.6 is 12.0 Å². The minimum atomic E-state index is 0.769. The van der Waals surface area contributed by atoms with E-state index in [1.54, 1.807) is 7.11 Å². The third kappa shape index (κ3) is 6.67. The Morgan fingerprint density at radius 1 is 1.10 bits per heavy atom. The van der Waals surface area contributed by atoms with Crippen LogP contribution in [-0.4, -0.2) is 14.2 Å². The van der Waals surface area contributed by atoms with E-state index in [0.29, 0.717) is 0 Å². The summed E-state index contributed by atoms with van der Waals surface area (Å²) in [6.07, 6.45) is 9.48. The number of para-hydroxylation sites is 1. The van der Waals surface area contributed by atoms with E-state index in [2.05, 4.69) is 36.1 Å². The first-order valence-corrected chi connectivity index (χ1v) is 7.44. The first kappa shape index (κ1) is 17.6. The number of hydrogen-bond acceptors (Lipinski definition) is 4. The molecule has 0 N–H and O–H groups in total. The van der Waals surface area contributed by atoms with Crippen molar-refractivity contribution in [2.75, 3.05) is 14.2 Å². The number of hydrogen-bond donors (Lipinski definition) is 0. The Hall–Kier alpha value is -1.49. The molecule has 1 aromatic rings. The van der Waals surface area contributed by atoms with Gasteiger partial charge in [-0.3, -0.25) is 0 Å². The Labute approximate surface area is 131 Å². The predicted octanol–water partition coefficient (Wildman–Crippen LogP) is 5.01. The summed E-state index contributed by atoms with van der Waals surface area (Å²) in [4.78, 5) is 10.6. The Morgan fingerprint density at radius 3 is 2.52 bits per heavy atom. The van der Waals surface area contributed by atoms with Crippen LogP contribution in [0, 0.1) is 6.92 Å². The molecular formula is C17H22O3S. The van der Waals surface area contributed by atoms with Crippen molar-refractivity contribution in [1.82, 2.24) is 0 Å². The van der Waals surface area contributed by atoms with E-state index in [1.165, 1.54) is 29.6 Å². The Balaban J connectivity index is 0.000000211. The minimum Gasteiger partial charge on any atom is -0.338 e. The number of rotatable bonds is 4. The molecule has 0 amide bonds. The van der Waals surface area contributed by atoms with Crippen molar-refractivity contribution in [2.45, 2.75) is 20.3 Å². The predicted molar refractivity (Wildman–Crippen MR) is 89.0 cm³/mol. The second-order valence-electron chi connectivity index (χ2n) is 4.35. The molecule has 3 nitrogen and oxygen atoms in total. The molecule has 21 heavy (non-hydrogen) atoms. The van der Waals surface area contributed by atoms with E-state index in [1.807, 2.05) is 31.2 Å². The van der Waals surface area contributed by atoms with E-state index < -0.39 is 0 Å². The van der Waals surface area contributed by atoms with Crippen LogP contribution in [0.5, 0.6) is 5.75 Å². The van der Waals surface area contributed by atoms with Crippen LogP contribution in [0.4, 0.5) is 0 Å². The molecule has 0 saturated heterocycles. The molecule has 114 valence electrons. The zero-order valence-electron chi connectivity index (χ0n) is 13.0. The van der Waals surface area contributed by atoms with Gasteiger partial charge in [-0.15, -0.1) is 0 Å². The highest BCUT2D eigenvalue weighted by molar-refractivity contribution is 7.98. The summed E-state index contributed by atoms with van der Waals surface area (Å²) < 4.78 is 4.99. The van der Waals surface area contributed by atoms with Crippen LogP contribution < -0.4 is 4.89 Å². The Morgan fingerprint density at radius 2 is 1.86 bits per heavy atom. The van der Waals surface area contributed by atoms with Crippen LogP contribution in [0.3, 0.4) is 0 Å². The first-order chi connectivity index (χ1) is 10.2. The van der Waals surface area contributed by atoms with Gasteiger partial charge in [0.15, 0.2) is 5.75 Å². The average Bonchev–Trinajstić information content (AvgIpc) is 2.68. The molecule has 0 unspecified atom stereocenters. The lowest BCUT2D eigenvalue weighted by Crippen LogP contribution is -1.91. The summed E-state index contributed by atoms with van der Waals surface area (Å²) >= 11 is 1.43. The molecule has 1 aromatic carbocycles. The van der Waals surface area contributed by atoms with Gasteiger partial charge >= 0.3 is 0 Å². The van der Waals surface area contributed by atoms with Crippen molar-refractivity contribution in [1.29, 1.82) is 0 Å². The lowest BCUT2D eigenvalue weighted by atomic mass is 10.2. The van der Waals surface area contributed by atoms with Crippen molar-refractivity contribution in [3.63, 3.8) is 0 Å². The van der Waals surface area contributed by atoms with Crippen molar-refractivity contribution in [3.05, 3.63) is 64.6 Å². The van der Waals surface area contributed by atoms with Crippen molar-refractivity contribution in [3.8, 4) is 5.75 Å². The van der Waals surface area contributed by atoms with Crippen molar-refractivity contribution < 1.29 is 14.0 Å². The number of allylic oxidation sites excluding steroid dienone is 5. The summed E-state index contributed by atoms with van der Waals surface area (Å²) in [5, 5.41) is 0. The van der Waals surface area contributed by atoms with Gasteiger partial charge in [0.2, 0.25) is 0 Å². The van der Waals surface area contributed by atoms with Gasteiger partial charge in [-0.2, -0.15) is 4.89 Å². The molecule has 0 aromatic heterocycles. The van der Waals surface area contributed by atoms with Gasteiger partial charge < -0.3 is 9.07 Å². The zero-order valence-corrected chi connectivity index (χ0v) is 13.8. The van der Waals surface area contributed by atoms with Crippen LogP contribution in [0.1, 0.15) is 18.9 Å². The average molecular weight is 306 g/mol. The fourth-order valence-corrected chi connectivity index (χ4v) is 2.18. The highest BCUT2D eigenvalue weighted by Gasteiger charge is 2.00. The standard InChI is InChI=1S/C9H12OS.C8H10O2/c1-8-6-4-3-5-7-9(8)11-10-2;1-7-5-3-4-6-8(7)10-9-2/h3-4,6-7H,5H2,1-2H3;3-6H,1-2H3. The Bertz CT molecular complexity index is 519. The quantitative estimate of drug-likeness (QED) is 0.444. The first-order valence-electron chi connectivity index (χ1n) is 6.70. The zero-order chi connectivity index (χ0) is 15.5. The molecule has 0 heterocycles. The second kappa shape index (κ2) is 10.3. The van der Waals surface area contributed by atoms with Gasteiger partial charge in [0.1, 0.15) is 0 Å². The minimum absolute atomic E-state index is 0.769. The van der Waals surface area contributed by atoms with Gasteiger partial charge in [-0.05, 0) is 37.5 Å². The van der Waals surface area contributed by atoms with E-state index in [4.69, 9.17) is 9.07 Å². The molecular weight excluding hydrogens is 284 g/mol. The fraction of sp³-hybridized carbons (Fsp3) is 0.294. The summed E-state index contributed by atoms with van der Waals surface area (Å²) in [6, 6.07) is 7.69. The van der Waals surface area contributed by atoms with Crippen LogP contribution in [0.2, 0.25) is 0 Å². The summed E-state index contributed by atoms with van der Waals surface area (Å²) in [5.74, 6) is 0.769. The summed E-state index contributed by atoms with van der Waals surface area (Å²) in [7, 11) is 3.18. The highest BCUT2D eigenvalue weighted by Crippen LogP contribution is 2.25. The van der Waals surface area contributed by atoms with E-state index in [9.17, 15) is 0 Å². The van der Waals surface area contributed by atoms with Gasteiger partial charge in [0.05, 0.1) is 14.2 Å². The van der Waals surface area contributed by atoms with Crippen LogP contribution in [0.25, 0.3) is 0 Å². The smallest absolute Gasteiger partial charge is 0.168 e. The lowest BCUT2D eigenvalue weighted by Gasteiger charge is -2.02. The molecule has 0 radical (unpaired) electrons. The molecule has 1 aliphatic rings. The van der Waals surface area contributed by atoms with E-state index in [0.717, 1.165) is 17.7 Å². The second-order valence-corrected chi connectivity index (χ2v) is 5.29. The highest BCUT2D eigenvalue weighted by atomic mass is 32.2. The van der Waals surface area contributed by atoms with Crippen molar-refractivity contribution in [2.24, 2.45) is 0 Å². The molecule has 0 atom stereocenters. The molecule has 4 heteroatoms. The largest absolute Gasteiger partial charge is 0.338 e. The molecule has 2 rings (SSSR count). The SMILES string of the molecule is COOc1ccccc1C.COSC1=CCC=CC=C1C. The van der Waals surface area contributed by atoms with E-state index in [-0.39, 0.29) is 0 Å². The fourth-order valence-electron chi connectivity index (χ4n) is 1.64. The number of aryl methyl sites for hydroxylation is 1. The normalized spacial score (nSPS) is 13.5. The van der Waals surface area contributed by atoms with Crippen LogP contribution in [-0.2, 0) is 9.07 Å². The molecule has 0 fully saturated rings. The van der Waals surface area contributed by atoms with Gasteiger partial charge in [0.25, 0.3) is 0 Å². The van der Waals surface area contributed by atoms with Gasteiger partial charge in [-0.25, -0.2) is 0 Å². The maximum atomic E-state index is 4.99. The number of benzene rings is 1. The molecule has 0 bridgehead atoms. The van der Waals surface area contributed by atoms with Crippen LogP contribution in [0.15, 0.2) is 59.0 Å². The van der Waals surface area contributed by atoms with E-state index >= 15 is 0 Å². The van der Waals surface area contributed by atoms with Gasteiger partial charge in [0, 0.05) is 16.9 Å². The monoisotopic (exact) mass is 306 g/mol.